The maximum absolute atomic E-state index is 13.1. The SMILES string of the molecule is Cc1ccc(F)cc1NC(=O)c1ccc(S)cc1. The molecule has 0 aromatic heterocycles. The van der Waals surface area contributed by atoms with Crippen LogP contribution in [-0.4, -0.2) is 5.91 Å². The van der Waals surface area contributed by atoms with E-state index in [2.05, 4.69) is 17.9 Å². The Hall–Kier alpha value is -1.81. The summed E-state index contributed by atoms with van der Waals surface area (Å²) in [6.07, 6.45) is 0. The van der Waals surface area contributed by atoms with Crippen molar-refractivity contribution in [2.24, 2.45) is 0 Å². The van der Waals surface area contributed by atoms with Crippen LogP contribution in [0, 0.1) is 12.7 Å². The Labute approximate surface area is 110 Å². The molecule has 0 aliphatic rings. The predicted molar refractivity (Wildman–Crippen MR) is 72.8 cm³/mol. The number of anilines is 1. The van der Waals surface area contributed by atoms with Crippen LogP contribution in [0.15, 0.2) is 47.4 Å². The molecule has 2 aromatic rings. The molecule has 2 nitrogen and oxygen atoms in total. The Bertz CT molecular complexity index is 581. The maximum Gasteiger partial charge on any atom is 0.255 e. The van der Waals surface area contributed by atoms with Crippen LogP contribution in [0.3, 0.4) is 0 Å². The normalized spacial score (nSPS) is 10.2. The fraction of sp³-hybridized carbons (Fsp3) is 0.0714. The van der Waals surface area contributed by atoms with Gasteiger partial charge in [-0.15, -0.1) is 12.6 Å². The van der Waals surface area contributed by atoms with Crippen molar-refractivity contribution in [1.82, 2.24) is 0 Å². The van der Waals surface area contributed by atoms with Gasteiger partial charge in [0.1, 0.15) is 5.82 Å². The van der Waals surface area contributed by atoms with Gasteiger partial charge in [-0.25, -0.2) is 4.39 Å². The van der Waals surface area contributed by atoms with Gasteiger partial charge in [0.15, 0.2) is 0 Å². The van der Waals surface area contributed by atoms with E-state index in [-0.39, 0.29) is 11.7 Å². The molecule has 2 aromatic carbocycles. The standard InChI is InChI=1S/C14H12FNOS/c1-9-2-5-11(15)8-13(9)16-14(17)10-3-6-12(18)7-4-10/h2-8,18H,1H3,(H,16,17). The average molecular weight is 261 g/mol. The Balaban J connectivity index is 2.21. The first kappa shape index (κ1) is 12.6. The Morgan fingerprint density at radius 2 is 1.83 bits per heavy atom. The second kappa shape index (κ2) is 5.23. The summed E-state index contributed by atoms with van der Waals surface area (Å²) in [4.78, 5) is 12.7. The van der Waals surface area contributed by atoms with Crippen LogP contribution in [-0.2, 0) is 0 Å². The number of benzene rings is 2. The lowest BCUT2D eigenvalue weighted by Gasteiger charge is -2.08. The monoisotopic (exact) mass is 261 g/mol. The van der Waals surface area contributed by atoms with Gasteiger partial charge in [0, 0.05) is 16.1 Å². The first-order valence-electron chi connectivity index (χ1n) is 5.43. The number of aryl methyl sites for hydroxylation is 1. The quantitative estimate of drug-likeness (QED) is 0.793. The van der Waals surface area contributed by atoms with Crippen LogP contribution in [0.5, 0.6) is 0 Å². The van der Waals surface area contributed by atoms with Crippen molar-refractivity contribution in [1.29, 1.82) is 0 Å². The maximum atomic E-state index is 13.1. The van der Waals surface area contributed by atoms with Crippen molar-refractivity contribution < 1.29 is 9.18 Å². The number of hydrogen-bond donors (Lipinski definition) is 2. The topological polar surface area (TPSA) is 29.1 Å². The van der Waals surface area contributed by atoms with E-state index < -0.39 is 0 Å². The third kappa shape index (κ3) is 2.90. The number of amides is 1. The van der Waals surface area contributed by atoms with Crippen LogP contribution in [0.2, 0.25) is 0 Å². The lowest BCUT2D eigenvalue weighted by Crippen LogP contribution is -2.12. The van der Waals surface area contributed by atoms with E-state index >= 15 is 0 Å². The highest BCUT2D eigenvalue weighted by Gasteiger charge is 2.08. The molecule has 92 valence electrons. The summed E-state index contributed by atoms with van der Waals surface area (Å²) in [5.41, 5.74) is 1.81. The zero-order valence-electron chi connectivity index (χ0n) is 9.77. The summed E-state index contributed by atoms with van der Waals surface area (Å²) in [5.74, 6) is -0.640. The van der Waals surface area contributed by atoms with Gasteiger partial charge in [0.05, 0.1) is 0 Å². The third-order valence-electron chi connectivity index (χ3n) is 2.58. The van der Waals surface area contributed by atoms with Crippen molar-refractivity contribution in [3.8, 4) is 0 Å². The molecule has 2 rings (SSSR count). The summed E-state index contributed by atoms with van der Waals surface area (Å²) < 4.78 is 13.1. The van der Waals surface area contributed by atoms with E-state index in [4.69, 9.17) is 0 Å². The molecular weight excluding hydrogens is 249 g/mol. The van der Waals surface area contributed by atoms with Gasteiger partial charge in [-0.05, 0) is 48.9 Å². The first-order chi connectivity index (χ1) is 8.56. The molecule has 0 saturated heterocycles. The Morgan fingerprint density at radius 3 is 2.50 bits per heavy atom. The van der Waals surface area contributed by atoms with E-state index in [0.717, 1.165) is 10.5 Å². The van der Waals surface area contributed by atoms with Gasteiger partial charge >= 0.3 is 0 Å². The van der Waals surface area contributed by atoms with Crippen molar-refractivity contribution in [2.75, 3.05) is 5.32 Å². The van der Waals surface area contributed by atoms with Crippen LogP contribution in [0.4, 0.5) is 10.1 Å². The van der Waals surface area contributed by atoms with Crippen LogP contribution >= 0.6 is 12.6 Å². The molecule has 0 saturated carbocycles. The van der Waals surface area contributed by atoms with Crippen molar-refractivity contribution >= 4 is 24.2 Å². The Morgan fingerprint density at radius 1 is 1.17 bits per heavy atom. The summed E-state index contributed by atoms with van der Waals surface area (Å²) in [6, 6.07) is 11.1. The number of nitrogens with one attached hydrogen (secondary N) is 1. The lowest BCUT2D eigenvalue weighted by atomic mass is 10.1. The van der Waals surface area contributed by atoms with E-state index in [1.54, 1.807) is 30.3 Å². The molecule has 4 heteroatoms. The third-order valence-corrected chi connectivity index (χ3v) is 2.88. The first-order valence-corrected chi connectivity index (χ1v) is 5.87. The fourth-order valence-electron chi connectivity index (χ4n) is 1.54. The van der Waals surface area contributed by atoms with Gasteiger partial charge in [0.25, 0.3) is 5.91 Å². The molecule has 0 aliphatic carbocycles. The average Bonchev–Trinajstić information content (AvgIpc) is 2.34. The lowest BCUT2D eigenvalue weighted by molar-refractivity contribution is 0.102. The summed E-state index contributed by atoms with van der Waals surface area (Å²) in [6.45, 7) is 1.81. The molecule has 0 atom stereocenters. The molecule has 0 spiro atoms. The van der Waals surface area contributed by atoms with Gasteiger partial charge in [-0.2, -0.15) is 0 Å². The molecule has 0 unspecified atom stereocenters. The zero-order valence-corrected chi connectivity index (χ0v) is 10.7. The van der Waals surface area contributed by atoms with E-state index in [1.165, 1.54) is 12.1 Å². The molecule has 1 N–H and O–H groups in total. The highest BCUT2D eigenvalue weighted by atomic mass is 32.1. The summed E-state index contributed by atoms with van der Waals surface area (Å²) >= 11 is 4.15. The second-order valence-electron chi connectivity index (χ2n) is 3.96. The van der Waals surface area contributed by atoms with Gasteiger partial charge in [-0.3, -0.25) is 4.79 Å². The van der Waals surface area contributed by atoms with Crippen LogP contribution in [0.1, 0.15) is 15.9 Å². The molecule has 0 fully saturated rings. The summed E-state index contributed by atoms with van der Waals surface area (Å²) in [5, 5.41) is 2.68. The highest BCUT2D eigenvalue weighted by Crippen LogP contribution is 2.17. The number of rotatable bonds is 2. The molecule has 0 radical (unpaired) electrons. The van der Waals surface area contributed by atoms with Crippen LogP contribution < -0.4 is 5.32 Å². The molecular formula is C14H12FNOS. The van der Waals surface area contributed by atoms with E-state index in [1.807, 2.05) is 6.92 Å². The minimum atomic E-state index is -0.374. The smallest absolute Gasteiger partial charge is 0.255 e. The minimum absolute atomic E-state index is 0.267. The summed E-state index contributed by atoms with van der Waals surface area (Å²) in [7, 11) is 0. The van der Waals surface area contributed by atoms with E-state index in [0.29, 0.717) is 11.3 Å². The molecule has 0 bridgehead atoms. The Kier molecular flexibility index (Phi) is 3.67. The van der Waals surface area contributed by atoms with Crippen molar-refractivity contribution in [3.63, 3.8) is 0 Å². The van der Waals surface area contributed by atoms with Gasteiger partial charge in [-0.1, -0.05) is 6.07 Å². The molecule has 1 amide bonds. The van der Waals surface area contributed by atoms with Crippen LogP contribution in [0.25, 0.3) is 0 Å². The number of carbonyl (C=O) groups is 1. The fourth-order valence-corrected chi connectivity index (χ4v) is 1.69. The minimum Gasteiger partial charge on any atom is -0.322 e. The number of halogens is 1. The molecule has 0 aliphatic heterocycles. The van der Waals surface area contributed by atoms with E-state index in [9.17, 15) is 9.18 Å². The van der Waals surface area contributed by atoms with Crippen molar-refractivity contribution in [2.45, 2.75) is 11.8 Å². The second-order valence-corrected chi connectivity index (χ2v) is 4.48. The molecule has 0 heterocycles. The van der Waals surface area contributed by atoms with Gasteiger partial charge < -0.3 is 5.32 Å². The number of carbonyl (C=O) groups excluding carboxylic acids is 1. The highest BCUT2D eigenvalue weighted by molar-refractivity contribution is 7.80. The van der Waals surface area contributed by atoms with Gasteiger partial charge in [0.2, 0.25) is 0 Å². The largest absolute Gasteiger partial charge is 0.322 e. The number of thiol groups is 1. The molecule has 18 heavy (non-hydrogen) atoms. The predicted octanol–water partition coefficient (Wildman–Crippen LogP) is 3.68. The number of hydrogen-bond acceptors (Lipinski definition) is 2. The zero-order chi connectivity index (χ0) is 13.1. The van der Waals surface area contributed by atoms with Crippen molar-refractivity contribution in [3.05, 3.63) is 59.4 Å².